The molecule has 19 heavy (non-hydrogen) atoms. The minimum Gasteiger partial charge on any atom is -0.508 e. The molecule has 1 unspecified atom stereocenters. The van der Waals surface area contributed by atoms with E-state index >= 15 is 0 Å². The van der Waals surface area contributed by atoms with Gasteiger partial charge in [0, 0.05) is 30.9 Å². The molecule has 1 aromatic heterocycles. The lowest BCUT2D eigenvalue weighted by Crippen LogP contribution is -2.24. The number of nitrogens with zero attached hydrogens (tertiary/aromatic N) is 2. The summed E-state index contributed by atoms with van der Waals surface area (Å²) >= 11 is 0. The van der Waals surface area contributed by atoms with Crippen LogP contribution in [0.5, 0.6) is 5.75 Å². The molecule has 2 N–H and O–H groups in total. The Kier molecular flexibility index (Phi) is 3.25. The van der Waals surface area contributed by atoms with Gasteiger partial charge in [0.1, 0.15) is 5.75 Å². The summed E-state index contributed by atoms with van der Waals surface area (Å²) < 4.78 is 1.98. The summed E-state index contributed by atoms with van der Waals surface area (Å²) in [5.74, 6) is 0.324. The van der Waals surface area contributed by atoms with E-state index in [1.54, 1.807) is 12.1 Å². The highest BCUT2D eigenvalue weighted by Crippen LogP contribution is 2.29. The fourth-order valence-electron chi connectivity index (χ4n) is 2.83. The van der Waals surface area contributed by atoms with Crippen LogP contribution in [0.4, 0.5) is 0 Å². The van der Waals surface area contributed by atoms with E-state index in [0.717, 1.165) is 24.9 Å². The Labute approximate surface area is 113 Å². The van der Waals surface area contributed by atoms with Crippen molar-refractivity contribution in [1.82, 2.24) is 15.1 Å². The highest BCUT2D eigenvalue weighted by atomic mass is 16.3. The van der Waals surface area contributed by atoms with E-state index in [-0.39, 0.29) is 0 Å². The summed E-state index contributed by atoms with van der Waals surface area (Å²) in [6.45, 7) is 0.771. The molecule has 100 valence electrons. The fraction of sp³-hybridized carbons (Fsp3) is 0.400. The van der Waals surface area contributed by atoms with Gasteiger partial charge < -0.3 is 10.4 Å². The van der Waals surface area contributed by atoms with Crippen LogP contribution < -0.4 is 5.32 Å². The normalized spacial score (nSPS) is 18.3. The van der Waals surface area contributed by atoms with E-state index < -0.39 is 0 Å². The molecule has 0 fully saturated rings. The van der Waals surface area contributed by atoms with E-state index in [1.807, 2.05) is 30.1 Å². The lowest BCUT2D eigenvalue weighted by Gasteiger charge is -2.24. The average molecular weight is 257 g/mol. The second-order valence-electron chi connectivity index (χ2n) is 5.17. The van der Waals surface area contributed by atoms with Crippen LogP contribution in [0.25, 0.3) is 0 Å². The van der Waals surface area contributed by atoms with Crippen molar-refractivity contribution in [2.75, 3.05) is 0 Å². The van der Waals surface area contributed by atoms with Crippen LogP contribution in [0.3, 0.4) is 0 Å². The molecule has 0 bridgehead atoms. The third-order valence-corrected chi connectivity index (χ3v) is 3.84. The first kappa shape index (κ1) is 12.2. The molecule has 1 aliphatic rings. The Morgan fingerprint density at radius 1 is 1.47 bits per heavy atom. The topological polar surface area (TPSA) is 50.1 Å². The smallest absolute Gasteiger partial charge is 0.115 e. The zero-order valence-corrected chi connectivity index (χ0v) is 11.1. The van der Waals surface area contributed by atoms with Gasteiger partial charge in [-0.25, -0.2) is 0 Å². The number of hydrogen-bond acceptors (Lipinski definition) is 3. The number of phenolic OH excluding ortho intramolecular Hbond substituents is 1. The third kappa shape index (κ3) is 2.49. The number of nitrogens with one attached hydrogen (secondary N) is 1. The maximum Gasteiger partial charge on any atom is 0.115 e. The Hall–Kier alpha value is -1.81. The first-order valence-corrected chi connectivity index (χ1v) is 6.76. The van der Waals surface area contributed by atoms with Gasteiger partial charge in [0.05, 0.1) is 6.20 Å². The van der Waals surface area contributed by atoms with E-state index in [9.17, 15) is 5.11 Å². The van der Waals surface area contributed by atoms with Crippen LogP contribution in [-0.4, -0.2) is 14.9 Å². The number of rotatable bonds is 3. The van der Waals surface area contributed by atoms with Crippen molar-refractivity contribution in [3.63, 3.8) is 0 Å². The van der Waals surface area contributed by atoms with Crippen LogP contribution in [0.15, 0.2) is 30.5 Å². The Balaban J connectivity index is 1.71. The van der Waals surface area contributed by atoms with Gasteiger partial charge in [-0.1, -0.05) is 12.1 Å². The molecule has 4 nitrogen and oxygen atoms in total. The van der Waals surface area contributed by atoms with Crippen molar-refractivity contribution >= 4 is 0 Å². The van der Waals surface area contributed by atoms with Gasteiger partial charge in [-0.2, -0.15) is 5.10 Å². The summed E-state index contributed by atoms with van der Waals surface area (Å²) in [7, 11) is 2.01. The zero-order valence-electron chi connectivity index (χ0n) is 11.1. The molecular weight excluding hydrogens is 238 g/mol. The lowest BCUT2D eigenvalue weighted by atomic mass is 9.93. The summed E-state index contributed by atoms with van der Waals surface area (Å²) in [6.07, 6.45) is 5.45. The second-order valence-corrected chi connectivity index (χ2v) is 5.17. The first-order chi connectivity index (χ1) is 9.24. The number of hydrogen-bond donors (Lipinski definition) is 2. The fourth-order valence-corrected chi connectivity index (χ4v) is 2.83. The van der Waals surface area contributed by atoms with E-state index in [0.29, 0.717) is 11.8 Å². The summed E-state index contributed by atoms with van der Waals surface area (Å²) in [4.78, 5) is 0. The van der Waals surface area contributed by atoms with Crippen molar-refractivity contribution in [2.24, 2.45) is 7.05 Å². The number of aromatic nitrogens is 2. The van der Waals surface area contributed by atoms with Crippen LogP contribution in [0.2, 0.25) is 0 Å². The average Bonchev–Trinajstić information content (AvgIpc) is 2.79. The number of benzene rings is 1. The lowest BCUT2D eigenvalue weighted by molar-refractivity contribution is 0.449. The van der Waals surface area contributed by atoms with E-state index in [4.69, 9.17) is 0 Å². The van der Waals surface area contributed by atoms with Crippen molar-refractivity contribution in [3.05, 3.63) is 47.3 Å². The van der Waals surface area contributed by atoms with Gasteiger partial charge in [0.2, 0.25) is 0 Å². The Bertz CT molecular complexity index is 577. The molecule has 3 rings (SSSR count). The van der Waals surface area contributed by atoms with E-state index in [2.05, 4.69) is 10.4 Å². The monoisotopic (exact) mass is 257 g/mol. The molecule has 2 aromatic rings. The van der Waals surface area contributed by atoms with Crippen molar-refractivity contribution < 1.29 is 5.11 Å². The van der Waals surface area contributed by atoms with Crippen molar-refractivity contribution in [1.29, 1.82) is 0 Å². The van der Waals surface area contributed by atoms with Crippen LogP contribution in [0, 0.1) is 0 Å². The quantitative estimate of drug-likeness (QED) is 0.887. The molecular formula is C15H19N3O. The predicted octanol–water partition coefficient (Wildman–Crippen LogP) is 2.29. The molecule has 0 saturated carbocycles. The predicted molar refractivity (Wildman–Crippen MR) is 73.8 cm³/mol. The molecule has 0 spiro atoms. The highest BCUT2D eigenvalue weighted by molar-refractivity contribution is 5.28. The van der Waals surface area contributed by atoms with E-state index in [1.165, 1.54) is 17.7 Å². The van der Waals surface area contributed by atoms with Crippen LogP contribution >= 0.6 is 0 Å². The summed E-state index contributed by atoms with van der Waals surface area (Å²) in [5, 5.41) is 17.4. The largest absolute Gasteiger partial charge is 0.508 e. The third-order valence-electron chi connectivity index (χ3n) is 3.84. The SMILES string of the molecule is Cn1ncc2c1CCCC2NCc1cccc(O)c1. The van der Waals surface area contributed by atoms with Crippen LogP contribution in [-0.2, 0) is 20.0 Å². The maximum atomic E-state index is 9.47. The molecule has 1 heterocycles. The highest BCUT2D eigenvalue weighted by Gasteiger charge is 2.22. The van der Waals surface area contributed by atoms with Gasteiger partial charge in [0.15, 0.2) is 0 Å². The Morgan fingerprint density at radius 2 is 2.37 bits per heavy atom. The molecule has 1 atom stereocenters. The molecule has 4 heteroatoms. The molecule has 0 amide bonds. The molecule has 1 aliphatic carbocycles. The standard InChI is InChI=1S/C15H19N3O/c1-18-15-7-3-6-14(13(15)10-17-18)16-9-11-4-2-5-12(19)8-11/h2,4-5,8,10,14,16,19H,3,6-7,9H2,1H3. The number of fused-ring (bicyclic) bond motifs is 1. The number of phenols is 1. The van der Waals surface area contributed by atoms with Gasteiger partial charge >= 0.3 is 0 Å². The molecule has 0 radical (unpaired) electrons. The minimum atomic E-state index is 0.324. The second kappa shape index (κ2) is 5.05. The van der Waals surface area contributed by atoms with Crippen molar-refractivity contribution in [3.8, 4) is 5.75 Å². The van der Waals surface area contributed by atoms with Gasteiger partial charge in [-0.05, 0) is 37.0 Å². The molecule has 0 saturated heterocycles. The van der Waals surface area contributed by atoms with Crippen LogP contribution in [0.1, 0.15) is 35.7 Å². The van der Waals surface area contributed by atoms with Gasteiger partial charge in [0.25, 0.3) is 0 Å². The maximum absolute atomic E-state index is 9.47. The molecule has 1 aromatic carbocycles. The number of aryl methyl sites for hydroxylation is 1. The number of aromatic hydroxyl groups is 1. The first-order valence-electron chi connectivity index (χ1n) is 6.76. The summed E-state index contributed by atoms with van der Waals surface area (Å²) in [6, 6.07) is 7.78. The summed E-state index contributed by atoms with van der Waals surface area (Å²) in [5.41, 5.74) is 3.78. The van der Waals surface area contributed by atoms with Gasteiger partial charge in [-0.15, -0.1) is 0 Å². The van der Waals surface area contributed by atoms with Gasteiger partial charge in [-0.3, -0.25) is 4.68 Å². The van der Waals surface area contributed by atoms with Crippen molar-refractivity contribution in [2.45, 2.75) is 31.8 Å². The Morgan fingerprint density at radius 3 is 3.21 bits per heavy atom. The zero-order chi connectivity index (χ0) is 13.2. The minimum absolute atomic E-state index is 0.324. The molecule has 0 aliphatic heterocycles.